The van der Waals surface area contributed by atoms with Crippen LogP contribution in [0.2, 0.25) is 0 Å². The molecular weight excluding hydrogens is 350 g/mol. The Kier molecular flexibility index (Phi) is 3.63. The highest BCUT2D eigenvalue weighted by atomic mass is 19.1. The van der Waals surface area contributed by atoms with Gasteiger partial charge in [-0.05, 0) is 43.2 Å². The average Bonchev–Trinajstić information content (AvgIpc) is 3.42. The zero-order valence-electron chi connectivity index (χ0n) is 14.3. The van der Waals surface area contributed by atoms with Gasteiger partial charge >= 0.3 is 0 Å². The molecule has 0 aliphatic carbocycles. The molecule has 0 saturated carbocycles. The Balaban J connectivity index is 1.58. The van der Waals surface area contributed by atoms with E-state index in [1.165, 1.54) is 12.1 Å². The molecule has 3 aromatic heterocycles. The van der Waals surface area contributed by atoms with E-state index in [4.69, 9.17) is 5.10 Å². The van der Waals surface area contributed by atoms with Crippen molar-refractivity contribution in [1.82, 2.24) is 24.8 Å². The maximum Gasteiger partial charge on any atom is 0.154 e. The van der Waals surface area contributed by atoms with E-state index in [1.54, 1.807) is 23.1 Å². The van der Waals surface area contributed by atoms with Crippen LogP contribution < -0.4 is 4.90 Å². The Bertz CT molecular complexity index is 1100. The highest BCUT2D eigenvalue weighted by Gasteiger charge is 2.30. The third-order valence-corrected chi connectivity index (χ3v) is 5.01. The van der Waals surface area contributed by atoms with Crippen LogP contribution in [0.15, 0.2) is 48.9 Å². The number of benzene rings is 1. The largest absolute Gasteiger partial charge is 0.348 e. The summed E-state index contributed by atoms with van der Waals surface area (Å²) in [5, 5.41) is 11.5. The predicted octanol–water partition coefficient (Wildman–Crippen LogP) is 3.74. The number of halogens is 2. The molecule has 1 fully saturated rings. The molecule has 1 atom stereocenters. The van der Waals surface area contributed by atoms with Gasteiger partial charge in [-0.15, -0.1) is 5.10 Å². The molecule has 6 nitrogen and oxygen atoms in total. The van der Waals surface area contributed by atoms with Crippen LogP contribution in [0.1, 0.15) is 24.4 Å². The first kappa shape index (κ1) is 15.9. The molecule has 1 unspecified atom stereocenters. The predicted molar refractivity (Wildman–Crippen MR) is 96.2 cm³/mol. The summed E-state index contributed by atoms with van der Waals surface area (Å²) in [5.74, 6) is -0.119. The van der Waals surface area contributed by atoms with Gasteiger partial charge in [-0.3, -0.25) is 5.10 Å². The number of hydrogen-bond acceptors (Lipinski definition) is 4. The first-order valence-electron chi connectivity index (χ1n) is 8.76. The molecule has 1 N–H and O–H groups in total. The van der Waals surface area contributed by atoms with Crippen LogP contribution in [0.5, 0.6) is 0 Å². The number of nitrogens with zero attached hydrogens (tertiary/aromatic N) is 5. The lowest BCUT2D eigenvalue weighted by molar-refractivity contribution is 0.559. The van der Waals surface area contributed by atoms with Gasteiger partial charge in [0.15, 0.2) is 5.65 Å². The van der Waals surface area contributed by atoms with Gasteiger partial charge < -0.3 is 4.90 Å². The van der Waals surface area contributed by atoms with Crippen LogP contribution in [0.4, 0.5) is 14.6 Å². The quantitative estimate of drug-likeness (QED) is 0.600. The minimum atomic E-state index is -0.432. The van der Waals surface area contributed by atoms with Crippen molar-refractivity contribution in [3.05, 3.63) is 66.1 Å². The Morgan fingerprint density at radius 2 is 2.04 bits per heavy atom. The third kappa shape index (κ3) is 2.64. The van der Waals surface area contributed by atoms with Crippen molar-refractivity contribution in [3.8, 4) is 11.3 Å². The lowest BCUT2D eigenvalue weighted by Gasteiger charge is -2.26. The number of hydrogen-bond donors (Lipinski definition) is 1. The van der Waals surface area contributed by atoms with Crippen molar-refractivity contribution in [2.24, 2.45) is 0 Å². The maximum atomic E-state index is 14.3. The number of aromatic amines is 1. The highest BCUT2D eigenvalue weighted by molar-refractivity contribution is 5.62. The molecule has 1 aliphatic heterocycles. The van der Waals surface area contributed by atoms with Crippen molar-refractivity contribution in [1.29, 1.82) is 0 Å². The molecule has 136 valence electrons. The van der Waals surface area contributed by atoms with Gasteiger partial charge in [-0.2, -0.15) is 5.10 Å². The van der Waals surface area contributed by atoms with Crippen molar-refractivity contribution in [3.63, 3.8) is 0 Å². The summed E-state index contributed by atoms with van der Waals surface area (Å²) in [6.45, 7) is 0.731. The molecule has 8 heteroatoms. The minimum Gasteiger partial charge on any atom is -0.348 e. The summed E-state index contributed by atoms with van der Waals surface area (Å²) >= 11 is 0. The molecule has 0 radical (unpaired) electrons. The molecule has 1 aliphatic rings. The molecule has 27 heavy (non-hydrogen) atoms. The van der Waals surface area contributed by atoms with Gasteiger partial charge in [-0.25, -0.2) is 18.3 Å². The molecule has 4 heterocycles. The summed E-state index contributed by atoms with van der Waals surface area (Å²) in [6, 6.07) is 7.12. The van der Waals surface area contributed by atoms with Crippen LogP contribution in [0.3, 0.4) is 0 Å². The molecule has 0 amide bonds. The topological polar surface area (TPSA) is 62.1 Å². The van der Waals surface area contributed by atoms with Crippen molar-refractivity contribution >= 4 is 11.5 Å². The zero-order chi connectivity index (χ0) is 18.4. The minimum absolute atomic E-state index is 0.244. The molecule has 5 rings (SSSR count). The molecular formula is C19H16F2N6. The van der Waals surface area contributed by atoms with Crippen LogP contribution >= 0.6 is 0 Å². The first-order valence-corrected chi connectivity index (χ1v) is 8.76. The van der Waals surface area contributed by atoms with E-state index in [9.17, 15) is 8.78 Å². The molecule has 1 aromatic carbocycles. The Hall–Kier alpha value is -3.29. The van der Waals surface area contributed by atoms with Crippen LogP contribution in [-0.4, -0.2) is 31.3 Å². The zero-order valence-corrected chi connectivity index (χ0v) is 14.3. The fraction of sp³-hybridized carbons (Fsp3) is 0.211. The van der Waals surface area contributed by atoms with E-state index in [0.717, 1.165) is 36.7 Å². The number of imidazole rings is 1. The van der Waals surface area contributed by atoms with Gasteiger partial charge in [0.1, 0.15) is 17.5 Å². The third-order valence-electron chi connectivity index (χ3n) is 5.01. The summed E-state index contributed by atoms with van der Waals surface area (Å²) in [4.78, 5) is 6.40. The van der Waals surface area contributed by atoms with E-state index in [1.807, 2.05) is 17.0 Å². The maximum absolute atomic E-state index is 14.3. The summed E-state index contributed by atoms with van der Waals surface area (Å²) in [7, 11) is 0. The monoisotopic (exact) mass is 366 g/mol. The second kappa shape index (κ2) is 6.15. The Labute approximate surface area is 153 Å². The van der Waals surface area contributed by atoms with E-state index >= 15 is 0 Å². The van der Waals surface area contributed by atoms with E-state index in [2.05, 4.69) is 15.2 Å². The van der Waals surface area contributed by atoms with Gasteiger partial charge in [0.2, 0.25) is 0 Å². The van der Waals surface area contributed by atoms with E-state index in [-0.39, 0.29) is 6.04 Å². The fourth-order valence-corrected chi connectivity index (χ4v) is 3.74. The number of aromatic nitrogens is 5. The normalized spacial score (nSPS) is 17.1. The average molecular weight is 366 g/mol. The van der Waals surface area contributed by atoms with Gasteiger partial charge in [0.05, 0.1) is 24.1 Å². The lowest BCUT2D eigenvalue weighted by Crippen LogP contribution is -2.25. The van der Waals surface area contributed by atoms with Gasteiger partial charge in [0, 0.05) is 23.9 Å². The Morgan fingerprint density at radius 1 is 1.11 bits per heavy atom. The van der Waals surface area contributed by atoms with Crippen molar-refractivity contribution in [2.45, 2.75) is 18.9 Å². The first-order chi connectivity index (χ1) is 13.2. The number of nitrogens with one attached hydrogen (secondary N) is 1. The summed E-state index contributed by atoms with van der Waals surface area (Å²) < 4.78 is 29.8. The summed E-state index contributed by atoms with van der Waals surface area (Å²) in [5.41, 5.74) is 2.77. The molecule has 0 bridgehead atoms. The van der Waals surface area contributed by atoms with Crippen molar-refractivity contribution in [2.75, 3.05) is 11.4 Å². The molecule has 0 spiro atoms. The standard InChI is InChI=1S/C19H16F2N6/c20-13-3-4-15(21)14(8-13)16-2-1-7-26(16)19-6-5-18-22-11-17(27(18)25-19)12-9-23-24-10-12/h3-6,8-11,16H,1-2,7H2,(H,23,24). The molecule has 4 aromatic rings. The smallest absolute Gasteiger partial charge is 0.154 e. The second-order valence-electron chi connectivity index (χ2n) is 6.61. The van der Waals surface area contributed by atoms with Crippen LogP contribution in [0.25, 0.3) is 16.9 Å². The second-order valence-corrected chi connectivity index (χ2v) is 6.61. The number of anilines is 1. The van der Waals surface area contributed by atoms with Crippen LogP contribution in [0, 0.1) is 11.6 Å². The summed E-state index contributed by atoms with van der Waals surface area (Å²) in [6.07, 6.45) is 6.86. The number of H-pyrrole nitrogens is 1. The fourth-order valence-electron chi connectivity index (χ4n) is 3.74. The SMILES string of the molecule is Fc1ccc(F)c(C2CCCN2c2ccc3ncc(-c4cn[nH]c4)n3n2)c1. The highest BCUT2D eigenvalue weighted by Crippen LogP contribution is 2.36. The Morgan fingerprint density at radius 3 is 2.89 bits per heavy atom. The van der Waals surface area contributed by atoms with Crippen LogP contribution in [-0.2, 0) is 0 Å². The number of rotatable bonds is 3. The van der Waals surface area contributed by atoms with Gasteiger partial charge in [0.25, 0.3) is 0 Å². The van der Waals surface area contributed by atoms with E-state index < -0.39 is 11.6 Å². The van der Waals surface area contributed by atoms with E-state index in [0.29, 0.717) is 17.0 Å². The van der Waals surface area contributed by atoms with Gasteiger partial charge in [-0.1, -0.05) is 0 Å². The molecule has 1 saturated heterocycles. The van der Waals surface area contributed by atoms with Crippen molar-refractivity contribution < 1.29 is 8.78 Å². The number of fused-ring (bicyclic) bond motifs is 1. The lowest BCUT2D eigenvalue weighted by atomic mass is 10.0.